The SMILES string of the molecule is CC(CCl)CS(=O)(=O)Nc1ncccc1Br. The van der Waals surface area contributed by atoms with Gasteiger partial charge in [-0.15, -0.1) is 11.6 Å². The van der Waals surface area contributed by atoms with Crippen molar-refractivity contribution < 1.29 is 8.42 Å². The predicted octanol–water partition coefficient (Wildman–Crippen LogP) is 2.46. The summed E-state index contributed by atoms with van der Waals surface area (Å²) in [6.45, 7) is 1.78. The van der Waals surface area contributed by atoms with Crippen LogP contribution in [0.5, 0.6) is 0 Å². The average molecular weight is 328 g/mol. The number of rotatable bonds is 5. The number of aromatic nitrogens is 1. The Morgan fingerprint density at radius 1 is 1.62 bits per heavy atom. The van der Waals surface area contributed by atoms with Gasteiger partial charge in [-0.3, -0.25) is 4.72 Å². The first kappa shape index (κ1) is 13.7. The predicted molar refractivity (Wildman–Crippen MR) is 69.2 cm³/mol. The summed E-state index contributed by atoms with van der Waals surface area (Å²) >= 11 is 8.79. The molecule has 4 nitrogen and oxygen atoms in total. The van der Waals surface area contributed by atoms with Gasteiger partial charge in [0.1, 0.15) is 0 Å². The van der Waals surface area contributed by atoms with Crippen LogP contribution in [0.3, 0.4) is 0 Å². The number of hydrogen-bond acceptors (Lipinski definition) is 3. The van der Waals surface area contributed by atoms with Crippen molar-refractivity contribution in [3.05, 3.63) is 22.8 Å². The van der Waals surface area contributed by atoms with Crippen molar-refractivity contribution in [2.45, 2.75) is 6.92 Å². The number of hydrogen-bond donors (Lipinski definition) is 1. The Morgan fingerprint density at radius 3 is 2.88 bits per heavy atom. The second-order valence-electron chi connectivity index (χ2n) is 3.48. The van der Waals surface area contributed by atoms with E-state index in [0.29, 0.717) is 16.2 Å². The minimum Gasteiger partial charge on any atom is -0.266 e. The Kier molecular flexibility index (Phi) is 5.01. The van der Waals surface area contributed by atoms with E-state index >= 15 is 0 Å². The van der Waals surface area contributed by atoms with E-state index in [2.05, 4.69) is 25.6 Å². The van der Waals surface area contributed by atoms with Gasteiger partial charge in [-0.2, -0.15) is 0 Å². The maximum atomic E-state index is 11.7. The molecule has 1 atom stereocenters. The van der Waals surface area contributed by atoms with E-state index in [1.807, 2.05) is 0 Å². The second-order valence-corrected chi connectivity index (χ2v) is 6.41. The molecule has 1 rings (SSSR count). The van der Waals surface area contributed by atoms with Crippen LogP contribution in [0, 0.1) is 5.92 Å². The molecule has 16 heavy (non-hydrogen) atoms. The molecule has 7 heteroatoms. The van der Waals surface area contributed by atoms with Gasteiger partial charge in [-0.05, 0) is 34.0 Å². The summed E-state index contributed by atoms with van der Waals surface area (Å²) in [6.07, 6.45) is 1.52. The minimum absolute atomic E-state index is 0.0144. The lowest BCUT2D eigenvalue weighted by atomic mass is 10.3. The topological polar surface area (TPSA) is 59.1 Å². The van der Waals surface area contributed by atoms with Crippen LogP contribution in [-0.4, -0.2) is 25.0 Å². The zero-order valence-electron chi connectivity index (χ0n) is 8.65. The fourth-order valence-corrected chi connectivity index (χ4v) is 3.20. The zero-order valence-corrected chi connectivity index (χ0v) is 11.8. The van der Waals surface area contributed by atoms with Crippen molar-refractivity contribution in [1.29, 1.82) is 0 Å². The summed E-state index contributed by atoms with van der Waals surface area (Å²) in [5, 5.41) is 0. The Labute approximate surface area is 109 Å². The summed E-state index contributed by atoms with van der Waals surface area (Å²) < 4.78 is 26.4. The molecule has 1 aromatic rings. The second kappa shape index (κ2) is 5.84. The van der Waals surface area contributed by atoms with Gasteiger partial charge in [0.25, 0.3) is 0 Å². The highest BCUT2D eigenvalue weighted by atomic mass is 79.9. The smallest absolute Gasteiger partial charge is 0.234 e. The molecule has 0 radical (unpaired) electrons. The lowest BCUT2D eigenvalue weighted by Gasteiger charge is -2.11. The van der Waals surface area contributed by atoms with E-state index in [4.69, 9.17) is 11.6 Å². The van der Waals surface area contributed by atoms with Crippen LogP contribution in [0.4, 0.5) is 5.82 Å². The van der Waals surface area contributed by atoms with Crippen LogP contribution in [0.25, 0.3) is 0 Å². The van der Waals surface area contributed by atoms with Crippen molar-refractivity contribution in [2.24, 2.45) is 5.92 Å². The van der Waals surface area contributed by atoms with Crippen molar-refractivity contribution >= 4 is 43.4 Å². The van der Waals surface area contributed by atoms with Crippen molar-refractivity contribution in [2.75, 3.05) is 16.4 Å². The quantitative estimate of drug-likeness (QED) is 0.845. The third-order valence-electron chi connectivity index (χ3n) is 1.78. The third kappa shape index (κ3) is 4.27. The first-order valence-electron chi connectivity index (χ1n) is 4.61. The van der Waals surface area contributed by atoms with Gasteiger partial charge < -0.3 is 0 Å². The molecule has 0 aliphatic carbocycles. The van der Waals surface area contributed by atoms with Gasteiger partial charge in [0.15, 0.2) is 5.82 Å². The Morgan fingerprint density at radius 2 is 2.31 bits per heavy atom. The lowest BCUT2D eigenvalue weighted by Crippen LogP contribution is -2.22. The highest BCUT2D eigenvalue weighted by Crippen LogP contribution is 2.20. The van der Waals surface area contributed by atoms with Gasteiger partial charge >= 0.3 is 0 Å². The number of alkyl halides is 1. The van der Waals surface area contributed by atoms with Crippen molar-refractivity contribution in [3.8, 4) is 0 Å². The molecule has 0 spiro atoms. The van der Waals surface area contributed by atoms with E-state index in [9.17, 15) is 8.42 Å². The van der Waals surface area contributed by atoms with Gasteiger partial charge in [-0.1, -0.05) is 6.92 Å². The van der Waals surface area contributed by atoms with Crippen LogP contribution >= 0.6 is 27.5 Å². The molecule has 1 aromatic heterocycles. The zero-order chi connectivity index (χ0) is 12.2. The van der Waals surface area contributed by atoms with Crippen LogP contribution in [0.1, 0.15) is 6.92 Å². The molecule has 0 bridgehead atoms. The Balaban J connectivity index is 2.77. The molecule has 1 unspecified atom stereocenters. The van der Waals surface area contributed by atoms with E-state index in [1.165, 1.54) is 6.20 Å². The number of sulfonamides is 1. The Bertz CT molecular complexity index is 453. The molecule has 1 N–H and O–H groups in total. The number of pyridine rings is 1. The molecule has 0 amide bonds. The molecule has 0 saturated carbocycles. The van der Waals surface area contributed by atoms with E-state index in [1.54, 1.807) is 19.1 Å². The van der Waals surface area contributed by atoms with Crippen LogP contribution < -0.4 is 4.72 Å². The highest BCUT2D eigenvalue weighted by Gasteiger charge is 2.16. The lowest BCUT2D eigenvalue weighted by molar-refractivity contribution is 0.588. The highest BCUT2D eigenvalue weighted by molar-refractivity contribution is 9.10. The largest absolute Gasteiger partial charge is 0.266 e. The van der Waals surface area contributed by atoms with Crippen LogP contribution in [0.2, 0.25) is 0 Å². The normalized spacial score (nSPS) is 13.4. The fraction of sp³-hybridized carbons (Fsp3) is 0.444. The monoisotopic (exact) mass is 326 g/mol. The minimum atomic E-state index is -3.40. The van der Waals surface area contributed by atoms with Crippen LogP contribution in [0.15, 0.2) is 22.8 Å². The number of anilines is 1. The van der Waals surface area contributed by atoms with Gasteiger partial charge in [0, 0.05) is 12.1 Å². The summed E-state index contributed by atoms with van der Waals surface area (Å²) in [7, 11) is -3.40. The Hall–Kier alpha value is -0.330. The number of nitrogens with zero attached hydrogens (tertiary/aromatic N) is 1. The standard InChI is InChI=1S/C9H12BrClN2O2S/c1-7(5-11)6-16(14,15)13-9-8(10)3-2-4-12-9/h2-4,7H,5-6H2,1H3,(H,12,13). The van der Waals surface area contributed by atoms with E-state index in [0.717, 1.165) is 0 Å². The molecule has 1 heterocycles. The molecule has 0 saturated heterocycles. The molecular formula is C9H12BrClN2O2S. The average Bonchev–Trinajstić information content (AvgIpc) is 2.20. The third-order valence-corrected chi connectivity index (χ3v) is 4.46. The van der Waals surface area contributed by atoms with Gasteiger partial charge in [0.05, 0.1) is 10.2 Å². The summed E-state index contributed by atoms with van der Waals surface area (Å²) in [4.78, 5) is 3.93. The first-order chi connectivity index (χ1) is 7.44. The van der Waals surface area contributed by atoms with Crippen LogP contribution in [-0.2, 0) is 10.0 Å². The van der Waals surface area contributed by atoms with Gasteiger partial charge in [-0.25, -0.2) is 13.4 Å². The first-order valence-corrected chi connectivity index (χ1v) is 7.59. The molecule has 0 aromatic carbocycles. The molecule has 90 valence electrons. The number of halogens is 2. The molecule has 0 aliphatic rings. The van der Waals surface area contributed by atoms with E-state index < -0.39 is 10.0 Å². The summed E-state index contributed by atoms with van der Waals surface area (Å²) in [6, 6.07) is 3.43. The summed E-state index contributed by atoms with van der Waals surface area (Å²) in [5.74, 6) is 0.495. The fourth-order valence-electron chi connectivity index (χ4n) is 1.07. The maximum Gasteiger partial charge on any atom is 0.234 e. The maximum absolute atomic E-state index is 11.7. The number of nitrogens with one attached hydrogen (secondary N) is 1. The van der Waals surface area contributed by atoms with Crippen molar-refractivity contribution in [3.63, 3.8) is 0 Å². The van der Waals surface area contributed by atoms with E-state index in [-0.39, 0.29) is 11.7 Å². The van der Waals surface area contributed by atoms with Crippen molar-refractivity contribution in [1.82, 2.24) is 4.98 Å². The summed E-state index contributed by atoms with van der Waals surface area (Å²) in [5.41, 5.74) is 0. The van der Waals surface area contributed by atoms with Gasteiger partial charge in [0.2, 0.25) is 10.0 Å². The molecular weight excluding hydrogens is 316 g/mol. The molecule has 0 fully saturated rings. The molecule has 0 aliphatic heterocycles.